The minimum atomic E-state index is -0.232. The van der Waals surface area contributed by atoms with E-state index in [1.165, 1.54) is 10.9 Å². The fourth-order valence-corrected chi connectivity index (χ4v) is 4.88. The van der Waals surface area contributed by atoms with Gasteiger partial charge in [-0.25, -0.2) is 0 Å². The molecule has 2 aliphatic rings. The fourth-order valence-electron chi connectivity index (χ4n) is 4.88. The highest BCUT2D eigenvalue weighted by Crippen LogP contribution is 2.41. The maximum atomic E-state index is 13.4. The van der Waals surface area contributed by atoms with Crippen molar-refractivity contribution in [2.24, 2.45) is 0 Å². The minimum Gasteiger partial charge on any atom is -0.486 e. The van der Waals surface area contributed by atoms with E-state index in [2.05, 4.69) is 23.2 Å². The summed E-state index contributed by atoms with van der Waals surface area (Å²) in [5.41, 5.74) is 5.46. The number of para-hydroxylation sites is 1. The summed E-state index contributed by atoms with van der Waals surface area (Å²) in [6.45, 7) is 1.73. The highest BCUT2D eigenvalue weighted by molar-refractivity contribution is 5.93. The van der Waals surface area contributed by atoms with E-state index in [4.69, 9.17) is 9.47 Å². The molecule has 6 rings (SSSR count). The van der Waals surface area contributed by atoms with E-state index in [0.29, 0.717) is 19.8 Å². The molecular formula is C28H24N2O3. The van der Waals surface area contributed by atoms with Crippen LogP contribution in [-0.4, -0.2) is 35.5 Å². The summed E-state index contributed by atoms with van der Waals surface area (Å²) in [7, 11) is 0. The Labute approximate surface area is 192 Å². The molecule has 0 saturated carbocycles. The van der Waals surface area contributed by atoms with Crippen LogP contribution < -0.4 is 9.47 Å². The molecule has 0 bridgehead atoms. The van der Waals surface area contributed by atoms with Gasteiger partial charge in [0.05, 0.1) is 6.04 Å². The average Bonchev–Trinajstić information content (AvgIpc) is 3.26. The molecule has 1 N–H and O–H groups in total. The average molecular weight is 437 g/mol. The summed E-state index contributed by atoms with van der Waals surface area (Å²) >= 11 is 0. The number of aromatic amines is 1. The molecule has 1 atom stereocenters. The number of fused-ring (bicyclic) bond motifs is 4. The molecule has 3 heterocycles. The number of nitrogens with one attached hydrogen (secondary N) is 1. The molecule has 0 radical (unpaired) electrons. The number of nitrogens with zero attached hydrogens (tertiary/aromatic N) is 1. The van der Waals surface area contributed by atoms with Crippen LogP contribution in [0.4, 0.5) is 0 Å². The first kappa shape index (κ1) is 19.7. The van der Waals surface area contributed by atoms with Crippen molar-refractivity contribution in [2.45, 2.75) is 12.5 Å². The van der Waals surface area contributed by atoms with Crippen LogP contribution in [0.2, 0.25) is 0 Å². The van der Waals surface area contributed by atoms with Crippen molar-refractivity contribution in [3.63, 3.8) is 0 Å². The van der Waals surface area contributed by atoms with Crippen molar-refractivity contribution in [2.75, 3.05) is 19.8 Å². The lowest BCUT2D eigenvalue weighted by Crippen LogP contribution is -2.39. The van der Waals surface area contributed by atoms with Gasteiger partial charge < -0.3 is 19.4 Å². The third-order valence-corrected chi connectivity index (χ3v) is 6.42. The summed E-state index contributed by atoms with van der Waals surface area (Å²) in [4.78, 5) is 19.0. The van der Waals surface area contributed by atoms with Gasteiger partial charge in [-0.05, 0) is 47.4 Å². The molecule has 164 valence electrons. The van der Waals surface area contributed by atoms with Crippen LogP contribution in [0, 0.1) is 0 Å². The third kappa shape index (κ3) is 3.55. The van der Waals surface area contributed by atoms with Gasteiger partial charge in [0.15, 0.2) is 11.5 Å². The Kier molecular flexibility index (Phi) is 4.87. The molecule has 0 aliphatic carbocycles. The molecular weight excluding hydrogens is 412 g/mol. The molecule has 4 aromatic rings. The number of ether oxygens (including phenoxy) is 2. The predicted molar refractivity (Wildman–Crippen MR) is 128 cm³/mol. The van der Waals surface area contributed by atoms with Crippen molar-refractivity contribution in [1.29, 1.82) is 0 Å². The van der Waals surface area contributed by atoms with Gasteiger partial charge in [-0.1, -0.05) is 54.6 Å². The first-order valence-electron chi connectivity index (χ1n) is 11.3. The van der Waals surface area contributed by atoms with Crippen molar-refractivity contribution in [3.05, 3.63) is 101 Å². The Morgan fingerprint density at radius 2 is 1.73 bits per heavy atom. The fraction of sp³-hybridized carbons (Fsp3) is 0.179. The lowest BCUT2D eigenvalue weighted by molar-refractivity contribution is -0.128. The Bertz CT molecular complexity index is 1360. The number of benzene rings is 3. The number of carbonyl (C=O) groups excluding carboxylic acids is 1. The first-order valence-corrected chi connectivity index (χ1v) is 11.3. The molecule has 5 heteroatoms. The Morgan fingerprint density at radius 3 is 2.61 bits per heavy atom. The largest absolute Gasteiger partial charge is 0.486 e. The van der Waals surface area contributed by atoms with Crippen LogP contribution in [0.1, 0.15) is 28.4 Å². The van der Waals surface area contributed by atoms with E-state index < -0.39 is 0 Å². The van der Waals surface area contributed by atoms with Crippen LogP contribution in [0.3, 0.4) is 0 Å². The predicted octanol–water partition coefficient (Wildman–Crippen LogP) is 5.13. The van der Waals surface area contributed by atoms with Gasteiger partial charge >= 0.3 is 0 Å². The van der Waals surface area contributed by atoms with E-state index in [9.17, 15) is 4.79 Å². The third-order valence-electron chi connectivity index (χ3n) is 6.42. The summed E-state index contributed by atoms with van der Waals surface area (Å²) in [6, 6.07) is 24.0. The number of amides is 1. The molecule has 0 fully saturated rings. The molecule has 0 spiro atoms. The zero-order chi connectivity index (χ0) is 22.2. The summed E-state index contributed by atoms with van der Waals surface area (Å²) in [5, 5.41) is 1.22. The smallest absolute Gasteiger partial charge is 0.247 e. The molecule has 1 aromatic heterocycles. The number of H-pyrrole nitrogens is 1. The normalized spacial score (nSPS) is 17.3. The van der Waals surface area contributed by atoms with Gasteiger partial charge in [0, 0.05) is 29.2 Å². The van der Waals surface area contributed by atoms with Gasteiger partial charge in [-0.15, -0.1) is 0 Å². The highest BCUT2D eigenvalue weighted by atomic mass is 16.6. The second-order valence-corrected chi connectivity index (χ2v) is 8.39. The molecule has 5 nitrogen and oxygen atoms in total. The lowest BCUT2D eigenvalue weighted by atomic mass is 9.92. The number of hydrogen-bond acceptors (Lipinski definition) is 3. The standard InChI is InChI=1S/C28H24N2O3/c31-26(13-10-19-6-2-1-3-7-19)30-15-14-22-21-8-4-5-9-23(21)29-27(22)28(30)20-11-12-24-25(18-20)33-17-16-32-24/h1-13,18,28-29H,14-17H2. The topological polar surface area (TPSA) is 54.6 Å². The monoisotopic (exact) mass is 436 g/mol. The minimum absolute atomic E-state index is 0.0111. The Balaban J connectivity index is 1.43. The zero-order valence-corrected chi connectivity index (χ0v) is 18.2. The van der Waals surface area contributed by atoms with Gasteiger partial charge in [0.2, 0.25) is 5.91 Å². The number of hydrogen-bond donors (Lipinski definition) is 1. The van der Waals surface area contributed by atoms with Gasteiger partial charge in [-0.3, -0.25) is 4.79 Å². The Hall–Kier alpha value is -3.99. The van der Waals surface area contributed by atoms with Crippen molar-refractivity contribution >= 4 is 22.9 Å². The first-order chi connectivity index (χ1) is 16.3. The number of carbonyl (C=O) groups is 1. The Morgan fingerprint density at radius 1 is 0.939 bits per heavy atom. The van der Waals surface area contributed by atoms with Crippen molar-refractivity contribution < 1.29 is 14.3 Å². The second-order valence-electron chi connectivity index (χ2n) is 8.39. The maximum Gasteiger partial charge on any atom is 0.247 e. The van der Waals surface area contributed by atoms with Crippen LogP contribution in [0.5, 0.6) is 11.5 Å². The summed E-state index contributed by atoms with van der Waals surface area (Å²) < 4.78 is 11.6. The molecule has 3 aromatic carbocycles. The van der Waals surface area contributed by atoms with E-state index in [-0.39, 0.29) is 11.9 Å². The van der Waals surface area contributed by atoms with Crippen LogP contribution in [0.25, 0.3) is 17.0 Å². The molecule has 1 unspecified atom stereocenters. The molecule has 1 amide bonds. The summed E-state index contributed by atoms with van der Waals surface area (Å²) in [6.07, 6.45) is 4.36. The quantitative estimate of drug-likeness (QED) is 0.453. The van der Waals surface area contributed by atoms with Gasteiger partial charge in [-0.2, -0.15) is 0 Å². The molecule has 2 aliphatic heterocycles. The maximum absolute atomic E-state index is 13.4. The number of rotatable bonds is 3. The second kappa shape index (κ2) is 8.17. The SMILES string of the molecule is O=C(C=Cc1ccccc1)N1CCc2c([nH]c3ccccc23)C1c1ccc2c(c1)OCCO2. The van der Waals surface area contributed by atoms with Crippen LogP contribution in [-0.2, 0) is 11.2 Å². The number of aromatic nitrogens is 1. The zero-order valence-electron chi connectivity index (χ0n) is 18.2. The lowest BCUT2D eigenvalue weighted by Gasteiger charge is -2.36. The van der Waals surface area contributed by atoms with Gasteiger partial charge in [0.1, 0.15) is 13.2 Å². The van der Waals surface area contributed by atoms with Gasteiger partial charge in [0.25, 0.3) is 0 Å². The van der Waals surface area contributed by atoms with E-state index in [0.717, 1.165) is 40.3 Å². The molecule has 0 saturated heterocycles. The van der Waals surface area contributed by atoms with E-state index >= 15 is 0 Å². The van der Waals surface area contributed by atoms with Crippen LogP contribution in [0.15, 0.2) is 78.9 Å². The summed E-state index contributed by atoms with van der Waals surface area (Å²) in [5.74, 6) is 1.47. The van der Waals surface area contributed by atoms with E-state index in [1.807, 2.05) is 65.6 Å². The van der Waals surface area contributed by atoms with Crippen molar-refractivity contribution in [1.82, 2.24) is 9.88 Å². The molecule has 33 heavy (non-hydrogen) atoms. The van der Waals surface area contributed by atoms with Crippen molar-refractivity contribution in [3.8, 4) is 11.5 Å². The van der Waals surface area contributed by atoms with E-state index in [1.54, 1.807) is 6.08 Å². The van der Waals surface area contributed by atoms with Crippen LogP contribution >= 0.6 is 0 Å². The highest BCUT2D eigenvalue weighted by Gasteiger charge is 2.34.